The van der Waals surface area contributed by atoms with Crippen molar-refractivity contribution in [2.75, 3.05) is 0 Å². The van der Waals surface area contributed by atoms with E-state index in [1.54, 1.807) is 29.7 Å². The van der Waals surface area contributed by atoms with Gasteiger partial charge in [-0.05, 0) is 115 Å². The van der Waals surface area contributed by atoms with Crippen LogP contribution in [0.3, 0.4) is 0 Å². The molecule has 1 aromatic rings. The summed E-state index contributed by atoms with van der Waals surface area (Å²) in [6.07, 6.45) is 12.7. The van der Waals surface area contributed by atoms with Gasteiger partial charge in [-0.2, -0.15) is 0 Å². The molecule has 2 amide bonds. The van der Waals surface area contributed by atoms with Gasteiger partial charge < -0.3 is 10.4 Å². The highest BCUT2D eigenvalue weighted by Crippen LogP contribution is 2.68. The molecule has 4 fully saturated rings. The smallest absolute Gasteiger partial charge is 0.274 e. The number of hydrogen-bond acceptors (Lipinski definition) is 4. The van der Waals surface area contributed by atoms with Gasteiger partial charge in [-0.3, -0.25) is 14.8 Å². The molecule has 210 valence electrons. The van der Waals surface area contributed by atoms with Crippen LogP contribution in [0.5, 0.6) is 0 Å². The summed E-state index contributed by atoms with van der Waals surface area (Å²) in [5.41, 5.74) is 3.63. The highest BCUT2D eigenvalue weighted by Gasteiger charge is 2.62. The van der Waals surface area contributed by atoms with Crippen molar-refractivity contribution in [1.82, 2.24) is 10.8 Å². The van der Waals surface area contributed by atoms with Gasteiger partial charge in [0.05, 0.1) is 6.10 Å². The van der Waals surface area contributed by atoms with Gasteiger partial charge in [0.2, 0.25) is 5.91 Å². The van der Waals surface area contributed by atoms with E-state index in [-0.39, 0.29) is 17.4 Å². The van der Waals surface area contributed by atoms with Crippen LogP contribution in [-0.4, -0.2) is 28.2 Å². The van der Waals surface area contributed by atoms with E-state index in [0.717, 1.165) is 18.4 Å². The third kappa shape index (κ3) is 4.92. The molecule has 5 rings (SSSR count). The average molecular weight is 525 g/mol. The first kappa shape index (κ1) is 27.6. The van der Waals surface area contributed by atoms with Crippen molar-refractivity contribution in [3.8, 4) is 0 Å². The van der Waals surface area contributed by atoms with E-state index in [0.29, 0.717) is 59.5 Å². The molecule has 6 nitrogen and oxygen atoms in total. The van der Waals surface area contributed by atoms with Gasteiger partial charge in [-0.15, -0.1) is 0 Å². The largest absolute Gasteiger partial charge is 0.393 e. The highest BCUT2D eigenvalue weighted by molar-refractivity contribution is 5.93. The van der Waals surface area contributed by atoms with Crippen molar-refractivity contribution < 1.29 is 19.9 Å². The third-order valence-electron chi connectivity index (χ3n) is 12.0. The molecular formula is C32H48N2O4. The maximum Gasteiger partial charge on any atom is 0.274 e. The summed E-state index contributed by atoms with van der Waals surface area (Å²) < 4.78 is 0. The van der Waals surface area contributed by atoms with Crippen LogP contribution in [0, 0.1) is 46.3 Å². The minimum Gasteiger partial charge on any atom is -0.393 e. The Labute approximate surface area is 228 Å². The number of carbonyl (C=O) groups excluding carboxylic acids is 2. The summed E-state index contributed by atoms with van der Waals surface area (Å²) >= 11 is 0. The summed E-state index contributed by atoms with van der Waals surface area (Å²) in [5.74, 6) is 3.10. The molecule has 9 atom stereocenters. The predicted molar refractivity (Wildman–Crippen MR) is 147 cm³/mol. The van der Waals surface area contributed by atoms with Gasteiger partial charge in [-0.25, -0.2) is 5.48 Å². The van der Waals surface area contributed by atoms with E-state index in [1.807, 2.05) is 0 Å². The number of amides is 2. The molecule has 6 heteroatoms. The number of benzene rings is 1. The van der Waals surface area contributed by atoms with Crippen LogP contribution in [0.25, 0.3) is 0 Å². The standard InChI is InChI=1S/C32H48N2O4/c1-20(7-14-28(36)33-19-21-8-10-22(11-9-21)30(37)34-38)24-12-13-25-29-26(15-17-32(24,25)3)31(2)16-5-4-6-23(31)18-27(29)35/h8-11,20,23-27,29,35,38H,4-7,12-19H2,1-3H3,(H,33,36)(H,34,37)/t20-,23?,24?,25?,26?,27?,29?,31?,32?/m1/s1. The van der Waals surface area contributed by atoms with E-state index >= 15 is 0 Å². The van der Waals surface area contributed by atoms with E-state index in [1.165, 1.54) is 51.4 Å². The maximum absolute atomic E-state index is 12.7. The van der Waals surface area contributed by atoms with Crippen LogP contribution >= 0.6 is 0 Å². The van der Waals surface area contributed by atoms with Gasteiger partial charge >= 0.3 is 0 Å². The Morgan fingerprint density at radius 2 is 1.74 bits per heavy atom. The molecule has 4 aliphatic rings. The fourth-order valence-corrected chi connectivity index (χ4v) is 9.92. The lowest BCUT2D eigenvalue weighted by Gasteiger charge is -2.62. The molecule has 0 bridgehead atoms. The van der Waals surface area contributed by atoms with Gasteiger partial charge in [0.15, 0.2) is 0 Å². The lowest BCUT2D eigenvalue weighted by atomic mass is 9.44. The van der Waals surface area contributed by atoms with Crippen LogP contribution in [0.15, 0.2) is 24.3 Å². The fourth-order valence-electron chi connectivity index (χ4n) is 9.92. The molecule has 4 N–H and O–H groups in total. The average Bonchev–Trinajstić information content (AvgIpc) is 3.28. The van der Waals surface area contributed by atoms with E-state index < -0.39 is 5.91 Å². The summed E-state index contributed by atoms with van der Waals surface area (Å²) in [5, 5.41) is 23.2. The Kier molecular flexibility index (Phi) is 7.94. The first-order valence-corrected chi connectivity index (χ1v) is 15.2. The number of fused-ring (bicyclic) bond motifs is 5. The number of rotatable bonds is 7. The lowest BCUT2D eigenvalue weighted by molar-refractivity contribution is -0.164. The third-order valence-corrected chi connectivity index (χ3v) is 12.0. The Bertz CT molecular complexity index is 1010. The molecule has 4 aliphatic carbocycles. The van der Waals surface area contributed by atoms with Crippen molar-refractivity contribution in [2.45, 2.75) is 104 Å². The minimum atomic E-state index is -0.545. The topological polar surface area (TPSA) is 98.7 Å². The van der Waals surface area contributed by atoms with Crippen molar-refractivity contribution in [3.05, 3.63) is 35.4 Å². The maximum atomic E-state index is 12.7. The molecule has 38 heavy (non-hydrogen) atoms. The van der Waals surface area contributed by atoms with Crippen molar-refractivity contribution in [2.24, 2.45) is 46.3 Å². The van der Waals surface area contributed by atoms with E-state index in [9.17, 15) is 14.7 Å². The number of aliphatic hydroxyl groups is 1. The molecule has 8 unspecified atom stereocenters. The quantitative estimate of drug-likeness (QED) is 0.265. The molecule has 1 aromatic carbocycles. The molecule has 0 heterocycles. The van der Waals surface area contributed by atoms with Crippen LogP contribution in [0.4, 0.5) is 0 Å². The van der Waals surface area contributed by atoms with Crippen LogP contribution in [0.1, 0.15) is 107 Å². The van der Waals surface area contributed by atoms with Crippen LogP contribution in [0.2, 0.25) is 0 Å². The zero-order chi connectivity index (χ0) is 27.1. The van der Waals surface area contributed by atoms with Gasteiger partial charge in [0, 0.05) is 18.5 Å². The zero-order valence-corrected chi connectivity index (χ0v) is 23.5. The first-order valence-electron chi connectivity index (χ1n) is 15.2. The molecule has 0 aromatic heterocycles. The van der Waals surface area contributed by atoms with Gasteiger partial charge in [-0.1, -0.05) is 45.7 Å². The number of hydrogen-bond donors (Lipinski definition) is 4. The molecule has 0 radical (unpaired) electrons. The predicted octanol–water partition coefficient (Wildman–Crippen LogP) is 5.86. The highest BCUT2D eigenvalue weighted by atomic mass is 16.5. The van der Waals surface area contributed by atoms with Crippen LogP contribution < -0.4 is 10.8 Å². The molecular weight excluding hydrogens is 476 g/mol. The second-order valence-electron chi connectivity index (χ2n) is 13.7. The zero-order valence-electron chi connectivity index (χ0n) is 23.5. The van der Waals surface area contributed by atoms with Crippen molar-refractivity contribution >= 4 is 11.8 Å². The number of nitrogens with one attached hydrogen (secondary N) is 2. The Hall–Kier alpha value is -1.92. The lowest BCUT2D eigenvalue weighted by Crippen LogP contribution is -2.57. The fraction of sp³-hybridized carbons (Fsp3) is 0.750. The minimum absolute atomic E-state index is 0.0661. The van der Waals surface area contributed by atoms with Crippen molar-refractivity contribution in [3.63, 3.8) is 0 Å². The second-order valence-corrected chi connectivity index (χ2v) is 13.7. The Morgan fingerprint density at radius 3 is 2.47 bits per heavy atom. The SMILES string of the molecule is C[C@H](CCC(=O)NCc1ccc(C(=O)NO)cc1)C1CCC2C3C(O)CC4CCCCC4(C)C3CCC21C. The van der Waals surface area contributed by atoms with Crippen molar-refractivity contribution in [1.29, 1.82) is 0 Å². The van der Waals surface area contributed by atoms with Gasteiger partial charge in [0.1, 0.15) is 0 Å². The normalized spacial score (nSPS) is 38.9. The Morgan fingerprint density at radius 1 is 1.00 bits per heavy atom. The number of hydroxylamine groups is 1. The first-order chi connectivity index (χ1) is 18.2. The summed E-state index contributed by atoms with van der Waals surface area (Å²) in [6, 6.07) is 6.86. The van der Waals surface area contributed by atoms with Crippen LogP contribution in [-0.2, 0) is 11.3 Å². The molecule has 0 saturated heterocycles. The second kappa shape index (κ2) is 10.9. The number of aliphatic hydroxyl groups excluding tert-OH is 1. The summed E-state index contributed by atoms with van der Waals surface area (Å²) in [6.45, 7) is 7.86. The number of carbonyl (C=O) groups is 2. The van der Waals surface area contributed by atoms with E-state index in [4.69, 9.17) is 5.21 Å². The summed E-state index contributed by atoms with van der Waals surface area (Å²) in [7, 11) is 0. The molecule has 0 aliphatic heterocycles. The van der Waals surface area contributed by atoms with Gasteiger partial charge in [0.25, 0.3) is 5.91 Å². The monoisotopic (exact) mass is 524 g/mol. The Balaban J connectivity index is 1.16. The molecule has 4 saturated carbocycles. The molecule has 0 spiro atoms. The summed E-state index contributed by atoms with van der Waals surface area (Å²) in [4.78, 5) is 24.2. The van der Waals surface area contributed by atoms with E-state index in [2.05, 4.69) is 26.1 Å².